The van der Waals surface area contributed by atoms with Crippen LogP contribution in [0.1, 0.15) is 47.4 Å². The second kappa shape index (κ2) is 6.68. The van der Waals surface area contributed by atoms with Crippen LogP contribution in [0, 0.1) is 5.92 Å². The molecule has 5 nitrogen and oxygen atoms in total. The number of hydrogen-bond donors (Lipinski definition) is 1. The summed E-state index contributed by atoms with van der Waals surface area (Å²) in [6.07, 6.45) is 1.15. The van der Waals surface area contributed by atoms with Crippen LogP contribution < -0.4 is 0 Å². The molecule has 0 bridgehead atoms. The summed E-state index contributed by atoms with van der Waals surface area (Å²) in [5, 5.41) is 8.96. The highest BCUT2D eigenvalue weighted by atomic mass is 16.6. The number of carboxylic acid groups (broad SMARTS) is 1. The van der Waals surface area contributed by atoms with E-state index >= 15 is 0 Å². The van der Waals surface area contributed by atoms with Gasteiger partial charge in [-0.3, -0.25) is 4.79 Å². The van der Waals surface area contributed by atoms with Crippen LogP contribution >= 0.6 is 0 Å². The number of rotatable bonds is 5. The van der Waals surface area contributed by atoms with E-state index < -0.39 is 17.9 Å². The molecule has 0 saturated carbocycles. The molecule has 0 aliphatic rings. The van der Waals surface area contributed by atoms with E-state index in [9.17, 15) is 14.4 Å². The van der Waals surface area contributed by atoms with Gasteiger partial charge in [-0.25, -0.2) is 9.59 Å². The van der Waals surface area contributed by atoms with Crippen molar-refractivity contribution in [3.05, 3.63) is 35.4 Å². The van der Waals surface area contributed by atoms with Gasteiger partial charge in [-0.15, -0.1) is 0 Å². The van der Waals surface area contributed by atoms with Crippen LogP contribution in [0.5, 0.6) is 0 Å². The zero-order valence-electron chi connectivity index (χ0n) is 10.9. The number of benzene rings is 1. The molecule has 0 fully saturated rings. The highest BCUT2D eigenvalue weighted by molar-refractivity contribution is 6.05. The molecule has 0 amide bonds. The second-order valence-electron chi connectivity index (χ2n) is 4.07. The zero-order chi connectivity index (χ0) is 14.4. The lowest BCUT2D eigenvalue weighted by Gasteiger charge is -2.11. The first kappa shape index (κ1) is 14.9. The smallest absolute Gasteiger partial charge is 0.346 e. The summed E-state index contributed by atoms with van der Waals surface area (Å²) in [4.78, 5) is 34.5. The Labute approximate surface area is 111 Å². The van der Waals surface area contributed by atoms with Gasteiger partial charge in [-0.05, 0) is 25.0 Å². The van der Waals surface area contributed by atoms with E-state index in [-0.39, 0.29) is 17.0 Å². The molecule has 0 radical (unpaired) electrons. The summed E-state index contributed by atoms with van der Waals surface area (Å²) in [5.41, 5.74) is -0.292. The monoisotopic (exact) mass is 264 g/mol. The molecule has 1 aromatic rings. The Morgan fingerprint density at radius 1 is 1.11 bits per heavy atom. The van der Waals surface area contributed by atoms with Crippen LogP contribution in [-0.2, 0) is 9.53 Å². The summed E-state index contributed by atoms with van der Waals surface area (Å²) in [6, 6.07) is 5.64. The summed E-state index contributed by atoms with van der Waals surface area (Å²) >= 11 is 0. The Bertz CT molecular complexity index is 488. The Morgan fingerprint density at radius 2 is 1.63 bits per heavy atom. The van der Waals surface area contributed by atoms with Gasteiger partial charge in [0.25, 0.3) is 0 Å². The molecule has 0 unspecified atom stereocenters. The second-order valence-corrected chi connectivity index (χ2v) is 4.07. The van der Waals surface area contributed by atoms with Crippen LogP contribution in [0.4, 0.5) is 0 Å². The van der Waals surface area contributed by atoms with Gasteiger partial charge < -0.3 is 9.84 Å². The molecule has 5 heteroatoms. The summed E-state index contributed by atoms with van der Waals surface area (Å²) in [5.74, 6) is -3.12. The van der Waals surface area contributed by atoms with Gasteiger partial charge in [0.15, 0.2) is 0 Å². The Hall–Kier alpha value is -2.17. The van der Waals surface area contributed by atoms with Crippen LogP contribution in [-0.4, -0.2) is 23.0 Å². The van der Waals surface area contributed by atoms with Crippen LogP contribution in [0.25, 0.3) is 0 Å². The van der Waals surface area contributed by atoms with Crippen LogP contribution in [0.2, 0.25) is 0 Å². The standard InChI is InChI=1S/C14H16O5/c1-3-9(4-2)13(17)19-14(18)11-8-6-5-7-10(11)12(15)16/h5-9H,3-4H2,1-2H3,(H,15,16). The predicted octanol–water partition coefficient (Wildman–Crippen LogP) is 2.50. The zero-order valence-corrected chi connectivity index (χ0v) is 10.9. The third-order valence-electron chi connectivity index (χ3n) is 2.89. The minimum Gasteiger partial charge on any atom is -0.478 e. The van der Waals surface area contributed by atoms with Gasteiger partial charge in [0, 0.05) is 0 Å². The van der Waals surface area contributed by atoms with Crippen molar-refractivity contribution >= 4 is 17.9 Å². The molecule has 102 valence electrons. The van der Waals surface area contributed by atoms with Gasteiger partial charge in [-0.1, -0.05) is 26.0 Å². The number of carbonyl (C=O) groups is 3. The maximum absolute atomic E-state index is 11.8. The highest BCUT2D eigenvalue weighted by Gasteiger charge is 2.23. The predicted molar refractivity (Wildman–Crippen MR) is 67.9 cm³/mol. The average molecular weight is 264 g/mol. The molecule has 0 aromatic heterocycles. The Balaban J connectivity index is 2.90. The molecule has 0 aliphatic carbocycles. The molecule has 0 heterocycles. The quantitative estimate of drug-likeness (QED) is 0.652. The van der Waals surface area contributed by atoms with Crippen molar-refractivity contribution in [1.82, 2.24) is 0 Å². The van der Waals surface area contributed by atoms with Gasteiger partial charge >= 0.3 is 17.9 Å². The molecule has 0 atom stereocenters. The van der Waals surface area contributed by atoms with Gasteiger partial charge in [-0.2, -0.15) is 0 Å². The summed E-state index contributed by atoms with van der Waals surface area (Å²) in [7, 11) is 0. The van der Waals surface area contributed by atoms with Crippen LogP contribution in [0.15, 0.2) is 24.3 Å². The Morgan fingerprint density at radius 3 is 2.11 bits per heavy atom. The largest absolute Gasteiger partial charge is 0.478 e. The fourth-order valence-corrected chi connectivity index (χ4v) is 1.70. The van der Waals surface area contributed by atoms with Crippen molar-refractivity contribution in [2.24, 2.45) is 5.92 Å². The minimum atomic E-state index is -1.23. The average Bonchev–Trinajstić information content (AvgIpc) is 2.40. The van der Waals surface area contributed by atoms with Crippen molar-refractivity contribution in [2.45, 2.75) is 26.7 Å². The summed E-state index contributed by atoms with van der Waals surface area (Å²) in [6.45, 7) is 3.65. The first-order chi connectivity index (χ1) is 9.01. The molecule has 0 aliphatic heterocycles. The van der Waals surface area contributed by atoms with E-state index in [1.807, 2.05) is 13.8 Å². The van der Waals surface area contributed by atoms with Gasteiger partial charge in [0.1, 0.15) is 0 Å². The summed E-state index contributed by atoms with van der Waals surface area (Å²) < 4.78 is 4.73. The van der Waals surface area contributed by atoms with Crippen molar-refractivity contribution in [3.8, 4) is 0 Å². The van der Waals surface area contributed by atoms with Crippen molar-refractivity contribution in [1.29, 1.82) is 0 Å². The lowest BCUT2D eigenvalue weighted by atomic mass is 10.0. The number of hydrogen-bond acceptors (Lipinski definition) is 4. The van der Waals surface area contributed by atoms with Gasteiger partial charge in [0.05, 0.1) is 17.0 Å². The number of aromatic carboxylic acids is 1. The number of carboxylic acids is 1. The number of carbonyl (C=O) groups excluding carboxylic acids is 2. The molecule has 1 aromatic carbocycles. The molecule has 0 spiro atoms. The van der Waals surface area contributed by atoms with Crippen molar-refractivity contribution in [2.75, 3.05) is 0 Å². The van der Waals surface area contributed by atoms with Gasteiger partial charge in [0.2, 0.25) is 0 Å². The highest BCUT2D eigenvalue weighted by Crippen LogP contribution is 2.14. The van der Waals surface area contributed by atoms with Crippen molar-refractivity contribution in [3.63, 3.8) is 0 Å². The fourth-order valence-electron chi connectivity index (χ4n) is 1.70. The topological polar surface area (TPSA) is 80.7 Å². The maximum atomic E-state index is 11.8. The van der Waals surface area contributed by atoms with E-state index in [1.54, 1.807) is 0 Å². The molecule has 1 N–H and O–H groups in total. The first-order valence-electron chi connectivity index (χ1n) is 6.09. The third-order valence-corrected chi connectivity index (χ3v) is 2.89. The molecule has 0 saturated heterocycles. The molecule has 19 heavy (non-hydrogen) atoms. The van der Waals surface area contributed by atoms with E-state index in [1.165, 1.54) is 24.3 Å². The maximum Gasteiger partial charge on any atom is 0.346 e. The van der Waals surface area contributed by atoms with Crippen molar-refractivity contribution < 1.29 is 24.2 Å². The number of esters is 2. The minimum absolute atomic E-state index is 0.116. The molecular weight excluding hydrogens is 248 g/mol. The molecule has 1 rings (SSSR count). The number of ether oxygens (including phenoxy) is 1. The van der Waals surface area contributed by atoms with Crippen LogP contribution in [0.3, 0.4) is 0 Å². The van der Waals surface area contributed by atoms with E-state index in [0.717, 1.165) is 0 Å². The Kier molecular flexibility index (Phi) is 5.23. The third kappa shape index (κ3) is 3.64. The molecular formula is C14H16O5. The van der Waals surface area contributed by atoms with E-state index in [4.69, 9.17) is 9.84 Å². The normalized spacial score (nSPS) is 10.3. The van der Waals surface area contributed by atoms with E-state index in [0.29, 0.717) is 12.8 Å². The SMILES string of the molecule is CCC(CC)C(=O)OC(=O)c1ccccc1C(=O)O. The lowest BCUT2D eigenvalue weighted by Crippen LogP contribution is -2.21. The first-order valence-corrected chi connectivity index (χ1v) is 6.09. The lowest BCUT2D eigenvalue weighted by molar-refractivity contribution is -0.142. The van der Waals surface area contributed by atoms with E-state index in [2.05, 4.69) is 0 Å². The fraction of sp³-hybridized carbons (Fsp3) is 0.357.